The van der Waals surface area contributed by atoms with Crippen LogP contribution >= 0.6 is 69.6 Å². The SMILES string of the molecule is C[Si]1(C)CCCCO1.ClC1C(Cl)C(Cl)C(Cl)C(Cl)C1Cl. The molecule has 120 valence electrons. The van der Waals surface area contributed by atoms with Gasteiger partial charge in [-0.05, 0) is 25.6 Å². The van der Waals surface area contributed by atoms with Gasteiger partial charge in [-0.15, -0.1) is 69.6 Å². The highest BCUT2D eigenvalue weighted by atomic mass is 35.5. The van der Waals surface area contributed by atoms with Crippen molar-refractivity contribution in [3.05, 3.63) is 0 Å². The van der Waals surface area contributed by atoms with E-state index in [-0.39, 0.29) is 0 Å². The van der Waals surface area contributed by atoms with Gasteiger partial charge < -0.3 is 4.43 Å². The standard InChI is InChI=1S/C6H6Cl6.C6H14OSi/c7-1-2(8)4(10)6(12)5(11)3(1)9;1-8(2)6-4-3-5-7-8/h1-6H;3-6H2,1-2H3. The minimum atomic E-state index is -1.09. The van der Waals surface area contributed by atoms with Gasteiger partial charge in [0.15, 0.2) is 8.32 Å². The van der Waals surface area contributed by atoms with Gasteiger partial charge in [-0.2, -0.15) is 0 Å². The maximum Gasteiger partial charge on any atom is 0.186 e. The van der Waals surface area contributed by atoms with E-state index in [2.05, 4.69) is 13.1 Å². The van der Waals surface area contributed by atoms with E-state index in [1.54, 1.807) is 0 Å². The average molecular weight is 421 g/mol. The third-order valence-electron chi connectivity index (χ3n) is 3.49. The second kappa shape index (κ2) is 8.68. The minimum absolute atomic E-state index is 0.437. The van der Waals surface area contributed by atoms with Crippen molar-refractivity contribution in [1.29, 1.82) is 0 Å². The highest BCUT2D eigenvalue weighted by molar-refractivity contribution is 6.71. The molecule has 1 heterocycles. The predicted octanol–water partition coefficient (Wildman–Crippen LogP) is 5.65. The molecule has 0 N–H and O–H groups in total. The van der Waals surface area contributed by atoms with Crippen molar-refractivity contribution < 1.29 is 4.43 Å². The van der Waals surface area contributed by atoms with Gasteiger partial charge in [0.25, 0.3) is 0 Å². The topological polar surface area (TPSA) is 9.23 Å². The van der Waals surface area contributed by atoms with E-state index in [4.69, 9.17) is 74.0 Å². The third kappa shape index (κ3) is 5.52. The Bertz CT molecular complexity index is 239. The Morgan fingerprint density at radius 2 is 1.05 bits per heavy atom. The molecular formula is C12H20Cl6OSi. The van der Waals surface area contributed by atoms with E-state index < -0.39 is 40.6 Å². The molecule has 2 fully saturated rings. The lowest BCUT2D eigenvalue weighted by atomic mass is 9.97. The van der Waals surface area contributed by atoms with Crippen LogP contribution in [0.15, 0.2) is 0 Å². The molecule has 8 heteroatoms. The summed E-state index contributed by atoms with van der Waals surface area (Å²) in [5.41, 5.74) is 0. The summed E-state index contributed by atoms with van der Waals surface area (Å²) in [5.74, 6) is 0. The van der Waals surface area contributed by atoms with Crippen molar-refractivity contribution in [3.63, 3.8) is 0 Å². The summed E-state index contributed by atoms with van der Waals surface area (Å²) < 4.78 is 5.60. The maximum atomic E-state index is 5.88. The summed E-state index contributed by atoms with van der Waals surface area (Å²) in [7, 11) is -1.09. The molecule has 0 atom stereocenters. The summed E-state index contributed by atoms with van der Waals surface area (Å²) in [6, 6.07) is 1.37. The van der Waals surface area contributed by atoms with Gasteiger partial charge >= 0.3 is 0 Å². The van der Waals surface area contributed by atoms with Crippen LogP contribution in [0.1, 0.15) is 12.8 Å². The fourth-order valence-electron chi connectivity index (χ4n) is 2.13. The van der Waals surface area contributed by atoms with Crippen molar-refractivity contribution in [3.8, 4) is 0 Å². The number of hydrogen-bond donors (Lipinski definition) is 0. The lowest BCUT2D eigenvalue weighted by Gasteiger charge is -2.37. The lowest BCUT2D eigenvalue weighted by molar-refractivity contribution is 0.275. The summed E-state index contributed by atoms with van der Waals surface area (Å²) in [6.45, 7) is 5.62. The first kappa shape index (κ1) is 20.0. The zero-order chi connectivity index (χ0) is 15.5. The molecule has 0 spiro atoms. The van der Waals surface area contributed by atoms with Crippen LogP contribution in [0.4, 0.5) is 0 Å². The number of halogens is 6. The smallest absolute Gasteiger partial charge is 0.186 e. The minimum Gasteiger partial charge on any atom is -0.417 e. The van der Waals surface area contributed by atoms with Crippen molar-refractivity contribution in [2.75, 3.05) is 6.61 Å². The third-order valence-corrected chi connectivity index (χ3v) is 10.1. The number of hydrogen-bond acceptors (Lipinski definition) is 1. The fraction of sp³-hybridized carbons (Fsp3) is 1.00. The summed E-state index contributed by atoms with van der Waals surface area (Å²) in [4.78, 5) is 0. The highest BCUT2D eigenvalue weighted by Gasteiger charge is 2.46. The molecule has 2 aliphatic rings. The molecule has 1 saturated heterocycles. The second-order valence-electron chi connectivity index (χ2n) is 5.73. The van der Waals surface area contributed by atoms with E-state index in [0.29, 0.717) is 0 Å². The largest absolute Gasteiger partial charge is 0.417 e. The average Bonchev–Trinajstić information content (AvgIpc) is 2.41. The van der Waals surface area contributed by atoms with Gasteiger partial charge in [-0.3, -0.25) is 0 Å². The summed E-state index contributed by atoms with van der Waals surface area (Å²) in [5, 5.41) is -2.62. The zero-order valence-corrected chi connectivity index (χ0v) is 17.0. The van der Waals surface area contributed by atoms with Crippen molar-refractivity contribution >= 4 is 77.9 Å². The Kier molecular flexibility index (Phi) is 8.66. The Morgan fingerprint density at radius 1 is 0.700 bits per heavy atom. The van der Waals surface area contributed by atoms with Gasteiger partial charge in [-0.1, -0.05) is 6.42 Å². The molecule has 0 aromatic heterocycles. The Hall–Kier alpha value is 1.92. The molecule has 0 radical (unpaired) electrons. The van der Waals surface area contributed by atoms with E-state index in [9.17, 15) is 0 Å². The number of alkyl halides is 6. The molecule has 1 saturated carbocycles. The van der Waals surface area contributed by atoms with E-state index >= 15 is 0 Å². The molecule has 2 rings (SSSR count). The Labute approximate surface area is 152 Å². The van der Waals surface area contributed by atoms with Gasteiger partial charge in [0, 0.05) is 6.61 Å². The highest BCUT2D eigenvalue weighted by Crippen LogP contribution is 2.39. The molecular weight excluding hydrogens is 401 g/mol. The first-order chi connectivity index (χ1) is 9.17. The van der Waals surface area contributed by atoms with Gasteiger partial charge in [-0.25, -0.2) is 0 Å². The summed E-state index contributed by atoms with van der Waals surface area (Å²) in [6.07, 6.45) is 2.69. The fourth-order valence-corrected chi connectivity index (χ4v) is 6.40. The van der Waals surface area contributed by atoms with Crippen LogP contribution in [0.5, 0.6) is 0 Å². The van der Waals surface area contributed by atoms with Gasteiger partial charge in [0.05, 0.1) is 32.3 Å². The lowest BCUT2D eigenvalue weighted by Crippen LogP contribution is -2.52. The van der Waals surface area contributed by atoms with E-state index in [0.717, 1.165) is 6.61 Å². The molecule has 0 aromatic carbocycles. The molecule has 1 aliphatic heterocycles. The van der Waals surface area contributed by atoms with Crippen LogP contribution in [-0.4, -0.2) is 47.2 Å². The second-order valence-corrected chi connectivity index (χ2v) is 13.1. The zero-order valence-electron chi connectivity index (χ0n) is 11.5. The molecule has 1 aliphatic carbocycles. The van der Waals surface area contributed by atoms with Crippen LogP contribution in [0.2, 0.25) is 19.1 Å². The van der Waals surface area contributed by atoms with Crippen molar-refractivity contribution in [2.45, 2.75) is 64.2 Å². The van der Waals surface area contributed by atoms with Crippen LogP contribution in [-0.2, 0) is 4.43 Å². The molecule has 0 amide bonds. The maximum absolute atomic E-state index is 5.88. The Balaban J connectivity index is 0.000000217. The van der Waals surface area contributed by atoms with Crippen LogP contribution in [0.25, 0.3) is 0 Å². The first-order valence-electron chi connectivity index (χ1n) is 6.66. The van der Waals surface area contributed by atoms with Gasteiger partial charge in [0.1, 0.15) is 0 Å². The molecule has 1 nitrogen and oxygen atoms in total. The van der Waals surface area contributed by atoms with Crippen LogP contribution in [0.3, 0.4) is 0 Å². The molecule has 0 aromatic rings. The molecule has 0 bridgehead atoms. The quantitative estimate of drug-likeness (QED) is 0.363. The predicted molar refractivity (Wildman–Crippen MR) is 95.3 cm³/mol. The van der Waals surface area contributed by atoms with Crippen LogP contribution in [0, 0.1) is 0 Å². The summed E-state index contributed by atoms with van der Waals surface area (Å²) >= 11 is 35.3. The van der Waals surface area contributed by atoms with Crippen molar-refractivity contribution in [2.24, 2.45) is 0 Å². The van der Waals surface area contributed by atoms with Gasteiger partial charge in [0.2, 0.25) is 0 Å². The monoisotopic (exact) mass is 418 g/mol. The first-order valence-corrected chi connectivity index (χ1v) is 12.4. The normalized spacial score (nSPS) is 44.4. The van der Waals surface area contributed by atoms with Crippen LogP contribution < -0.4 is 0 Å². The molecule has 20 heavy (non-hydrogen) atoms. The van der Waals surface area contributed by atoms with E-state index in [1.807, 2.05) is 0 Å². The van der Waals surface area contributed by atoms with Crippen molar-refractivity contribution in [1.82, 2.24) is 0 Å². The molecule has 0 unspecified atom stereocenters. The van der Waals surface area contributed by atoms with E-state index in [1.165, 1.54) is 18.9 Å². The number of rotatable bonds is 0. The Morgan fingerprint density at radius 3 is 1.20 bits per heavy atom.